The summed E-state index contributed by atoms with van der Waals surface area (Å²) in [5.41, 5.74) is 1.17. The van der Waals surface area contributed by atoms with Crippen molar-refractivity contribution >= 4 is 28.1 Å². The van der Waals surface area contributed by atoms with Gasteiger partial charge in [-0.1, -0.05) is 0 Å². The van der Waals surface area contributed by atoms with Crippen LogP contribution in [0.25, 0.3) is 0 Å². The molecule has 1 aliphatic carbocycles. The molecule has 0 saturated heterocycles. The molecule has 0 atom stereocenters. The lowest BCUT2D eigenvalue weighted by Gasteiger charge is -2.05. The number of thiazole rings is 1. The third kappa shape index (κ3) is 2.64. The number of nitrogens with zero attached hydrogens (tertiary/aromatic N) is 2. The lowest BCUT2D eigenvalue weighted by atomic mass is 10.2. The number of aryl methyl sites for hydroxylation is 2. The average Bonchev–Trinajstić information content (AvgIpc) is 3.07. The molecule has 0 aliphatic heterocycles. The number of rotatable bonds is 4. The Kier molecular flexibility index (Phi) is 3.76. The maximum atomic E-state index is 12.2. The predicted octanol–water partition coefficient (Wildman–Crippen LogP) is 2.80. The number of aromatic nitrogens is 1. The minimum absolute atomic E-state index is 0.0549. The first-order chi connectivity index (χ1) is 10.6. The summed E-state index contributed by atoms with van der Waals surface area (Å²) in [5.74, 6) is -0.306. The molecule has 22 heavy (non-hydrogen) atoms. The number of carbonyl (C=O) groups excluding carboxylic acids is 1. The maximum Gasteiger partial charge on any atom is 0.310 e. The molecule has 1 N–H and O–H groups in total. The quantitative estimate of drug-likeness (QED) is 0.690. The van der Waals surface area contributed by atoms with E-state index >= 15 is 0 Å². The maximum absolute atomic E-state index is 12.2. The molecule has 7 nitrogen and oxygen atoms in total. The summed E-state index contributed by atoms with van der Waals surface area (Å²) >= 11 is 1.48. The van der Waals surface area contributed by atoms with Crippen LogP contribution in [0, 0.1) is 10.1 Å². The van der Waals surface area contributed by atoms with Crippen molar-refractivity contribution in [1.82, 2.24) is 4.98 Å². The first kappa shape index (κ1) is 14.5. The van der Waals surface area contributed by atoms with E-state index in [0.29, 0.717) is 5.13 Å². The van der Waals surface area contributed by atoms with Gasteiger partial charge in [-0.3, -0.25) is 20.2 Å². The highest BCUT2D eigenvalue weighted by molar-refractivity contribution is 7.15. The molecular formula is C14H13N3O4S. The number of nitrogens with one attached hydrogen (secondary N) is 1. The summed E-state index contributed by atoms with van der Waals surface area (Å²) in [6, 6.07) is 4.02. The molecule has 1 aliphatic rings. The first-order valence-electron chi connectivity index (χ1n) is 6.71. The minimum atomic E-state index is -0.550. The number of carbonyl (C=O) groups is 1. The van der Waals surface area contributed by atoms with E-state index in [1.54, 1.807) is 0 Å². The van der Waals surface area contributed by atoms with Crippen molar-refractivity contribution in [1.29, 1.82) is 0 Å². The van der Waals surface area contributed by atoms with Gasteiger partial charge in [0.25, 0.3) is 5.91 Å². The monoisotopic (exact) mass is 319 g/mol. The van der Waals surface area contributed by atoms with Gasteiger partial charge >= 0.3 is 5.69 Å². The molecule has 0 saturated carbocycles. The zero-order valence-corrected chi connectivity index (χ0v) is 12.6. The third-order valence-electron chi connectivity index (χ3n) is 3.45. The van der Waals surface area contributed by atoms with E-state index in [1.807, 2.05) is 0 Å². The zero-order chi connectivity index (χ0) is 15.7. The van der Waals surface area contributed by atoms with Crippen LogP contribution < -0.4 is 10.1 Å². The SMILES string of the molecule is COc1cc(C(=O)Nc2nc3c(s2)CCC3)ccc1[N+](=O)[O-]. The molecular weight excluding hydrogens is 306 g/mol. The normalized spacial score (nSPS) is 12.8. The van der Waals surface area contributed by atoms with Gasteiger partial charge in [-0.25, -0.2) is 4.98 Å². The molecule has 1 heterocycles. The van der Waals surface area contributed by atoms with Crippen molar-refractivity contribution in [2.75, 3.05) is 12.4 Å². The first-order valence-corrected chi connectivity index (χ1v) is 7.52. The third-order valence-corrected chi connectivity index (χ3v) is 4.53. The van der Waals surface area contributed by atoms with Gasteiger partial charge in [-0.05, 0) is 25.3 Å². The summed E-state index contributed by atoms with van der Waals surface area (Å²) in [7, 11) is 1.33. The van der Waals surface area contributed by atoms with Crippen LogP contribution in [0.15, 0.2) is 18.2 Å². The van der Waals surface area contributed by atoms with E-state index in [-0.39, 0.29) is 22.9 Å². The molecule has 0 spiro atoms. The molecule has 1 aromatic heterocycles. The lowest BCUT2D eigenvalue weighted by molar-refractivity contribution is -0.385. The molecule has 3 rings (SSSR count). The lowest BCUT2D eigenvalue weighted by Crippen LogP contribution is -2.12. The van der Waals surface area contributed by atoms with Gasteiger partial charge in [0.15, 0.2) is 10.9 Å². The number of methoxy groups -OCH3 is 1. The molecule has 8 heteroatoms. The fourth-order valence-electron chi connectivity index (χ4n) is 2.38. The molecule has 0 radical (unpaired) electrons. The Bertz CT molecular complexity index is 735. The van der Waals surface area contributed by atoms with Gasteiger partial charge in [0.2, 0.25) is 0 Å². The van der Waals surface area contributed by atoms with Crippen molar-refractivity contribution in [3.8, 4) is 5.75 Å². The topological polar surface area (TPSA) is 94.4 Å². The van der Waals surface area contributed by atoms with E-state index in [1.165, 1.54) is 41.5 Å². The summed E-state index contributed by atoms with van der Waals surface area (Å²) < 4.78 is 4.96. The Morgan fingerprint density at radius 1 is 1.45 bits per heavy atom. The summed E-state index contributed by atoms with van der Waals surface area (Å²) in [6.45, 7) is 0. The molecule has 0 bridgehead atoms. The second-order valence-corrected chi connectivity index (χ2v) is 5.92. The number of anilines is 1. The number of benzene rings is 1. The van der Waals surface area contributed by atoms with Crippen LogP contribution in [-0.4, -0.2) is 22.9 Å². The fourth-order valence-corrected chi connectivity index (χ4v) is 3.43. The van der Waals surface area contributed by atoms with E-state index in [2.05, 4.69) is 10.3 Å². The number of hydrogen-bond acceptors (Lipinski definition) is 6. The van der Waals surface area contributed by atoms with Crippen LogP contribution in [0.4, 0.5) is 10.8 Å². The van der Waals surface area contributed by atoms with E-state index in [0.717, 1.165) is 25.0 Å². The highest BCUT2D eigenvalue weighted by Crippen LogP contribution is 2.31. The van der Waals surface area contributed by atoms with Gasteiger partial charge < -0.3 is 4.74 Å². The second kappa shape index (κ2) is 5.72. The zero-order valence-electron chi connectivity index (χ0n) is 11.8. The number of hydrogen-bond donors (Lipinski definition) is 1. The fraction of sp³-hybridized carbons (Fsp3) is 0.286. The van der Waals surface area contributed by atoms with Gasteiger partial charge in [-0.2, -0.15) is 0 Å². The van der Waals surface area contributed by atoms with Crippen molar-refractivity contribution in [2.45, 2.75) is 19.3 Å². The molecule has 1 amide bonds. The number of amides is 1. The number of nitro groups is 1. The van der Waals surface area contributed by atoms with Crippen molar-refractivity contribution in [3.63, 3.8) is 0 Å². The Hall–Kier alpha value is -2.48. The minimum Gasteiger partial charge on any atom is -0.490 e. The number of fused-ring (bicyclic) bond motifs is 1. The highest BCUT2D eigenvalue weighted by Gasteiger charge is 2.20. The largest absolute Gasteiger partial charge is 0.490 e. The Morgan fingerprint density at radius 3 is 2.95 bits per heavy atom. The molecule has 1 aromatic carbocycles. The Morgan fingerprint density at radius 2 is 2.27 bits per heavy atom. The van der Waals surface area contributed by atoms with Crippen LogP contribution in [0.5, 0.6) is 5.75 Å². The molecule has 2 aromatic rings. The molecule has 114 valence electrons. The van der Waals surface area contributed by atoms with Crippen LogP contribution in [0.2, 0.25) is 0 Å². The van der Waals surface area contributed by atoms with Crippen LogP contribution >= 0.6 is 11.3 Å². The Labute approximate surface area is 130 Å². The van der Waals surface area contributed by atoms with Gasteiger partial charge in [0, 0.05) is 22.6 Å². The van der Waals surface area contributed by atoms with Gasteiger partial charge in [0.05, 0.1) is 17.7 Å². The van der Waals surface area contributed by atoms with Crippen LogP contribution in [0.1, 0.15) is 27.3 Å². The van der Waals surface area contributed by atoms with Gasteiger partial charge in [-0.15, -0.1) is 11.3 Å². The van der Waals surface area contributed by atoms with E-state index in [4.69, 9.17) is 4.74 Å². The number of nitro benzene ring substituents is 1. The highest BCUT2D eigenvalue weighted by atomic mass is 32.1. The van der Waals surface area contributed by atoms with Gasteiger partial charge in [0.1, 0.15) is 0 Å². The number of ether oxygens (including phenoxy) is 1. The van der Waals surface area contributed by atoms with Crippen molar-refractivity contribution in [2.24, 2.45) is 0 Å². The van der Waals surface area contributed by atoms with Crippen molar-refractivity contribution < 1.29 is 14.5 Å². The smallest absolute Gasteiger partial charge is 0.310 e. The van der Waals surface area contributed by atoms with E-state index < -0.39 is 4.92 Å². The average molecular weight is 319 g/mol. The second-order valence-electron chi connectivity index (χ2n) is 4.84. The molecule has 0 fully saturated rings. The summed E-state index contributed by atoms with van der Waals surface area (Å²) in [6.07, 6.45) is 3.07. The van der Waals surface area contributed by atoms with E-state index in [9.17, 15) is 14.9 Å². The standard InChI is InChI=1S/C14H13N3O4S/c1-21-11-7-8(5-6-10(11)17(19)20)13(18)16-14-15-9-3-2-4-12(9)22-14/h5-7H,2-4H2,1H3,(H,15,16,18). The Balaban J connectivity index is 1.80. The summed E-state index contributed by atoms with van der Waals surface area (Å²) in [4.78, 5) is 28.1. The summed E-state index contributed by atoms with van der Waals surface area (Å²) in [5, 5.41) is 14.1. The molecule has 0 unspecified atom stereocenters. The van der Waals surface area contributed by atoms with Crippen LogP contribution in [-0.2, 0) is 12.8 Å². The van der Waals surface area contributed by atoms with Crippen molar-refractivity contribution in [3.05, 3.63) is 44.4 Å². The van der Waals surface area contributed by atoms with Crippen LogP contribution in [0.3, 0.4) is 0 Å². The predicted molar refractivity (Wildman–Crippen MR) is 81.7 cm³/mol.